The Morgan fingerprint density at radius 1 is 0.783 bits per heavy atom. The third-order valence-corrected chi connectivity index (χ3v) is 4.15. The molecule has 0 saturated carbocycles. The molecule has 2 aromatic heterocycles. The van der Waals surface area contributed by atoms with Crippen LogP contribution in [0.15, 0.2) is 40.8 Å². The van der Waals surface area contributed by atoms with Crippen LogP contribution in [0.4, 0.5) is 0 Å². The molecule has 0 atom stereocenters. The molecule has 3 heteroatoms. The van der Waals surface area contributed by atoms with Crippen LogP contribution in [0, 0.1) is 27.7 Å². The molecule has 0 unspecified atom stereocenters. The molecule has 4 rings (SSSR count). The molecule has 0 aliphatic carbocycles. The minimum atomic E-state index is 0.773. The van der Waals surface area contributed by atoms with E-state index < -0.39 is 0 Å². The van der Waals surface area contributed by atoms with E-state index >= 15 is 0 Å². The van der Waals surface area contributed by atoms with E-state index in [1.165, 1.54) is 22.3 Å². The van der Waals surface area contributed by atoms with Gasteiger partial charge < -0.3 is 4.42 Å². The number of hydrogen-bond acceptors (Lipinski definition) is 3. The van der Waals surface area contributed by atoms with E-state index in [9.17, 15) is 0 Å². The Morgan fingerprint density at radius 3 is 2.26 bits per heavy atom. The van der Waals surface area contributed by atoms with Crippen molar-refractivity contribution in [3.63, 3.8) is 0 Å². The lowest BCUT2D eigenvalue weighted by molar-refractivity contribution is 0.660. The van der Waals surface area contributed by atoms with Crippen molar-refractivity contribution < 1.29 is 4.42 Å². The highest BCUT2D eigenvalue weighted by molar-refractivity contribution is 6.04. The molecule has 0 saturated heterocycles. The number of aromatic nitrogens is 2. The monoisotopic (exact) mass is 302 g/mol. The summed E-state index contributed by atoms with van der Waals surface area (Å²) in [5.74, 6) is 0.773. The van der Waals surface area contributed by atoms with E-state index in [1.54, 1.807) is 0 Å². The quantitative estimate of drug-likeness (QED) is 0.480. The van der Waals surface area contributed by atoms with Gasteiger partial charge in [-0.15, -0.1) is 0 Å². The minimum Gasteiger partial charge on any atom is -0.452 e. The number of benzene rings is 2. The van der Waals surface area contributed by atoms with Gasteiger partial charge in [0.15, 0.2) is 5.58 Å². The summed E-state index contributed by atoms with van der Waals surface area (Å²) in [5.41, 5.74) is 8.37. The zero-order chi connectivity index (χ0) is 16.1. The predicted octanol–water partition coefficient (Wildman–Crippen LogP) is 5.28. The van der Waals surface area contributed by atoms with Gasteiger partial charge in [-0.25, -0.2) is 9.97 Å². The number of aryl methyl sites for hydroxylation is 4. The van der Waals surface area contributed by atoms with Gasteiger partial charge in [0.2, 0.25) is 0 Å². The van der Waals surface area contributed by atoms with E-state index in [-0.39, 0.29) is 0 Å². The summed E-state index contributed by atoms with van der Waals surface area (Å²) in [5, 5.41) is 1.05. The molecular weight excluding hydrogens is 284 g/mol. The Kier molecular flexibility index (Phi) is 2.98. The van der Waals surface area contributed by atoms with Crippen LogP contribution in [0.25, 0.3) is 33.2 Å². The number of hydrogen-bond donors (Lipinski definition) is 0. The third kappa shape index (κ3) is 2.29. The molecule has 0 amide bonds. The molecule has 0 spiro atoms. The van der Waals surface area contributed by atoms with Crippen molar-refractivity contribution in [3.05, 3.63) is 59.0 Å². The Morgan fingerprint density at radius 2 is 1.52 bits per heavy atom. The van der Waals surface area contributed by atoms with Crippen molar-refractivity contribution in [2.24, 2.45) is 0 Å². The number of furan rings is 1. The smallest absolute Gasteiger partial charge is 0.175 e. The summed E-state index contributed by atoms with van der Waals surface area (Å²) < 4.78 is 5.95. The van der Waals surface area contributed by atoms with E-state index in [4.69, 9.17) is 4.42 Å². The third-order valence-electron chi connectivity index (χ3n) is 4.15. The highest BCUT2D eigenvalue weighted by atomic mass is 16.3. The lowest BCUT2D eigenvalue weighted by Gasteiger charge is -2.05. The number of rotatable bonds is 1. The molecule has 2 heterocycles. The SMILES string of the molecule is Cc1cc(C)cc(-c2ccc3oc4c(C)nc(C)nc4c3c2)c1. The van der Waals surface area contributed by atoms with Crippen LogP contribution in [0.2, 0.25) is 0 Å². The second-order valence-electron chi connectivity index (χ2n) is 6.22. The molecule has 0 fully saturated rings. The largest absolute Gasteiger partial charge is 0.452 e. The molecule has 0 aliphatic heterocycles. The van der Waals surface area contributed by atoms with Gasteiger partial charge in [-0.3, -0.25) is 0 Å². The second kappa shape index (κ2) is 4.92. The van der Waals surface area contributed by atoms with Gasteiger partial charge in [-0.2, -0.15) is 0 Å². The Hall–Kier alpha value is -2.68. The molecule has 0 N–H and O–H groups in total. The van der Waals surface area contributed by atoms with Crippen molar-refractivity contribution >= 4 is 22.1 Å². The standard InChI is InChI=1S/C20H18N2O/c1-11-7-12(2)9-16(8-11)15-5-6-18-17(10-15)19-20(23-18)13(3)21-14(4)22-19/h5-10H,1-4H3. The number of fused-ring (bicyclic) bond motifs is 3. The molecule has 3 nitrogen and oxygen atoms in total. The number of nitrogens with zero attached hydrogens (tertiary/aromatic N) is 2. The fraction of sp³-hybridized carbons (Fsp3) is 0.200. The zero-order valence-electron chi connectivity index (χ0n) is 13.8. The van der Waals surface area contributed by atoms with Crippen molar-refractivity contribution in [1.29, 1.82) is 0 Å². The fourth-order valence-electron chi connectivity index (χ4n) is 3.24. The Bertz CT molecular complexity index is 1040. The van der Waals surface area contributed by atoms with Crippen LogP contribution in [0.1, 0.15) is 22.6 Å². The average molecular weight is 302 g/mol. The fourth-order valence-corrected chi connectivity index (χ4v) is 3.24. The van der Waals surface area contributed by atoms with Gasteiger partial charge in [0.25, 0.3) is 0 Å². The highest BCUT2D eigenvalue weighted by Crippen LogP contribution is 2.32. The molecule has 0 aliphatic rings. The summed E-state index contributed by atoms with van der Waals surface area (Å²) >= 11 is 0. The summed E-state index contributed by atoms with van der Waals surface area (Å²) in [6, 6.07) is 12.9. The zero-order valence-corrected chi connectivity index (χ0v) is 13.8. The van der Waals surface area contributed by atoms with Gasteiger partial charge in [-0.1, -0.05) is 35.4 Å². The van der Waals surface area contributed by atoms with Crippen LogP contribution < -0.4 is 0 Å². The first-order valence-electron chi connectivity index (χ1n) is 7.77. The van der Waals surface area contributed by atoms with Gasteiger partial charge >= 0.3 is 0 Å². The van der Waals surface area contributed by atoms with Crippen LogP contribution in [-0.4, -0.2) is 9.97 Å². The van der Waals surface area contributed by atoms with Crippen molar-refractivity contribution in [1.82, 2.24) is 9.97 Å². The van der Waals surface area contributed by atoms with Gasteiger partial charge in [0.1, 0.15) is 16.9 Å². The topological polar surface area (TPSA) is 38.9 Å². The summed E-state index contributed by atoms with van der Waals surface area (Å²) in [6.07, 6.45) is 0. The van der Waals surface area contributed by atoms with E-state index in [0.29, 0.717) is 0 Å². The Balaban J connectivity index is 2.01. The molecule has 0 bridgehead atoms. The van der Waals surface area contributed by atoms with Gasteiger partial charge in [0, 0.05) is 5.39 Å². The molecule has 2 aromatic carbocycles. The molecule has 4 aromatic rings. The lowest BCUT2D eigenvalue weighted by atomic mass is 9.99. The minimum absolute atomic E-state index is 0.773. The van der Waals surface area contributed by atoms with Gasteiger partial charge in [0.05, 0.1) is 5.69 Å². The maximum absolute atomic E-state index is 5.95. The molecule has 114 valence electrons. The molecular formula is C20H18N2O. The van der Waals surface area contributed by atoms with Crippen molar-refractivity contribution in [2.45, 2.75) is 27.7 Å². The van der Waals surface area contributed by atoms with Crippen LogP contribution in [0.5, 0.6) is 0 Å². The summed E-state index contributed by atoms with van der Waals surface area (Å²) in [7, 11) is 0. The van der Waals surface area contributed by atoms with E-state index in [0.717, 1.165) is 33.6 Å². The summed E-state index contributed by atoms with van der Waals surface area (Å²) in [4.78, 5) is 8.99. The molecule has 23 heavy (non-hydrogen) atoms. The second-order valence-corrected chi connectivity index (χ2v) is 6.22. The molecule has 0 radical (unpaired) electrons. The first kappa shape index (κ1) is 13.9. The van der Waals surface area contributed by atoms with Crippen molar-refractivity contribution in [2.75, 3.05) is 0 Å². The van der Waals surface area contributed by atoms with E-state index in [1.807, 2.05) is 19.9 Å². The first-order chi connectivity index (χ1) is 11.0. The van der Waals surface area contributed by atoms with Crippen molar-refractivity contribution in [3.8, 4) is 11.1 Å². The lowest BCUT2D eigenvalue weighted by Crippen LogP contribution is -1.90. The summed E-state index contributed by atoms with van der Waals surface area (Å²) in [6.45, 7) is 8.13. The van der Waals surface area contributed by atoms with E-state index in [2.05, 4.69) is 54.1 Å². The first-order valence-corrected chi connectivity index (χ1v) is 7.77. The maximum atomic E-state index is 5.95. The highest BCUT2D eigenvalue weighted by Gasteiger charge is 2.13. The van der Waals surface area contributed by atoms with Crippen LogP contribution >= 0.6 is 0 Å². The normalized spacial score (nSPS) is 11.5. The predicted molar refractivity (Wildman–Crippen MR) is 93.7 cm³/mol. The van der Waals surface area contributed by atoms with Crippen LogP contribution in [0.3, 0.4) is 0 Å². The van der Waals surface area contributed by atoms with Gasteiger partial charge in [-0.05, 0) is 51.0 Å². The van der Waals surface area contributed by atoms with Crippen LogP contribution in [-0.2, 0) is 0 Å². The average Bonchev–Trinajstić information content (AvgIpc) is 2.84. The maximum Gasteiger partial charge on any atom is 0.175 e. The Labute approximate surface area is 135 Å².